The first-order chi connectivity index (χ1) is 16.4. The number of rotatable bonds is 7. The Bertz CT molecular complexity index is 1020. The van der Waals surface area contributed by atoms with Crippen LogP contribution in [-0.4, -0.2) is 52.8 Å². The summed E-state index contributed by atoms with van der Waals surface area (Å²) in [5.74, 6) is -5.22. The average Bonchev–Trinajstić information content (AvgIpc) is 2.77. The number of halogens is 5. The molecule has 0 spiro atoms. The third kappa shape index (κ3) is 6.63. The predicted octanol–water partition coefficient (Wildman–Crippen LogP) is 4.74. The molecule has 7 nitrogen and oxygen atoms in total. The van der Waals surface area contributed by atoms with E-state index >= 15 is 0 Å². The van der Waals surface area contributed by atoms with Crippen LogP contribution in [-0.2, 0) is 22.5 Å². The summed E-state index contributed by atoms with van der Waals surface area (Å²) in [4.78, 5) is 22.5. The van der Waals surface area contributed by atoms with E-state index in [0.717, 1.165) is 11.1 Å². The second-order valence-electron chi connectivity index (χ2n) is 8.57. The zero-order valence-electron chi connectivity index (χ0n) is 19.5. The average molecular weight is 502 g/mol. The van der Waals surface area contributed by atoms with Crippen molar-refractivity contribution in [1.82, 2.24) is 14.9 Å². The van der Waals surface area contributed by atoms with E-state index in [4.69, 9.17) is 4.74 Å². The van der Waals surface area contributed by atoms with Crippen molar-refractivity contribution < 1.29 is 36.2 Å². The molecular weight excluding hydrogens is 475 g/mol. The first-order valence-corrected chi connectivity index (χ1v) is 11.0. The van der Waals surface area contributed by atoms with Gasteiger partial charge in [0.15, 0.2) is 6.61 Å². The van der Waals surface area contributed by atoms with Gasteiger partial charge in [-0.15, -0.1) is 0 Å². The molecule has 192 valence electrons. The first kappa shape index (κ1) is 26.7. The van der Waals surface area contributed by atoms with Crippen molar-refractivity contribution in [2.75, 3.05) is 25.3 Å². The fourth-order valence-corrected chi connectivity index (χ4v) is 3.35. The van der Waals surface area contributed by atoms with Gasteiger partial charge in [-0.1, -0.05) is 19.9 Å². The molecule has 2 aromatic rings. The molecule has 0 bridgehead atoms. The molecule has 1 amide bonds. The number of pyridine rings is 2. The molecule has 1 aliphatic rings. The highest BCUT2D eigenvalue weighted by Gasteiger charge is 2.58. The van der Waals surface area contributed by atoms with Crippen LogP contribution in [0, 0.1) is 5.92 Å². The highest BCUT2D eigenvalue weighted by molar-refractivity contribution is 5.91. The zero-order valence-corrected chi connectivity index (χ0v) is 19.5. The van der Waals surface area contributed by atoms with Crippen molar-refractivity contribution in [3.63, 3.8) is 0 Å². The van der Waals surface area contributed by atoms with Crippen LogP contribution in [0.1, 0.15) is 43.5 Å². The summed E-state index contributed by atoms with van der Waals surface area (Å²) in [6.07, 6.45) is -2.06. The van der Waals surface area contributed by atoms with Gasteiger partial charge in [-0.05, 0) is 30.5 Å². The maximum Gasteiger partial charge on any atom is 0.456 e. The molecule has 12 heteroatoms. The second kappa shape index (κ2) is 10.8. The van der Waals surface area contributed by atoms with Gasteiger partial charge in [0.05, 0.1) is 13.3 Å². The number of aromatic nitrogens is 2. The summed E-state index contributed by atoms with van der Waals surface area (Å²) >= 11 is 0. The lowest BCUT2D eigenvalue weighted by Crippen LogP contribution is -2.41. The van der Waals surface area contributed by atoms with Gasteiger partial charge >= 0.3 is 12.1 Å². The number of ether oxygens (including phenoxy) is 2. The van der Waals surface area contributed by atoms with Crippen molar-refractivity contribution in [2.45, 2.75) is 51.9 Å². The van der Waals surface area contributed by atoms with E-state index in [0.29, 0.717) is 31.0 Å². The van der Waals surface area contributed by atoms with Crippen LogP contribution in [0.25, 0.3) is 0 Å². The smallest absolute Gasteiger partial charge is 0.456 e. The molecule has 3 rings (SSSR count). The van der Waals surface area contributed by atoms with Crippen molar-refractivity contribution in [3.05, 3.63) is 47.3 Å². The van der Waals surface area contributed by atoms with Gasteiger partial charge in [-0.3, -0.25) is 9.69 Å². The molecule has 0 saturated carbocycles. The summed E-state index contributed by atoms with van der Waals surface area (Å²) in [7, 11) is 0. The molecule has 2 aromatic heterocycles. The van der Waals surface area contributed by atoms with E-state index < -0.39 is 18.7 Å². The van der Waals surface area contributed by atoms with E-state index in [1.807, 2.05) is 17.9 Å². The van der Waals surface area contributed by atoms with E-state index in [2.05, 4.69) is 20.0 Å². The number of hydrogen-bond acceptors (Lipinski definition) is 6. The lowest BCUT2D eigenvalue weighted by Gasteiger charge is -2.32. The Morgan fingerprint density at radius 1 is 1.17 bits per heavy atom. The quantitative estimate of drug-likeness (QED) is 0.552. The Morgan fingerprint density at radius 2 is 1.91 bits per heavy atom. The number of nitrogens with one attached hydrogen (secondary N) is 1. The van der Waals surface area contributed by atoms with Crippen LogP contribution in [0.4, 0.5) is 27.8 Å². The Hall–Kier alpha value is -2.86. The third-order valence-corrected chi connectivity index (χ3v) is 5.66. The van der Waals surface area contributed by atoms with Gasteiger partial charge in [0.2, 0.25) is 11.8 Å². The molecule has 35 heavy (non-hydrogen) atoms. The van der Waals surface area contributed by atoms with E-state index in [-0.39, 0.29) is 30.5 Å². The minimum absolute atomic E-state index is 0.153. The van der Waals surface area contributed by atoms with Gasteiger partial charge < -0.3 is 14.8 Å². The highest BCUT2D eigenvalue weighted by Crippen LogP contribution is 2.36. The maximum absolute atomic E-state index is 13.1. The number of hydrogen-bond donors (Lipinski definition) is 1. The van der Waals surface area contributed by atoms with Crippen molar-refractivity contribution in [1.29, 1.82) is 0 Å². The fourth-order valence-electron chi connectivity index (χ4n) is 3.35. The van der Waals surface area contributed by atoms with Crippen LogP contribution in [0.3, 0.4) is 0 Å². The highest BCUT2D eigenvalue weighted by atomic mass is 19.4. The number of fused-ring (bicyclic) bond motifs is 1. The largest absolute Gasteiger partial charge is 0.471 e. The second-order valence-corrected chi connectivity index (χ2v) is 8.57. The van der Waals surface area contributed by atoms with Crippen LogP contribution >= 0.6 is 0 Å². The first-order valence-electron chi connectivity index (χ1n) is 11.0. The lowest BCUT2D eigenvalue weighted by atomic mass is 10.0. The van der Waals surface area contributed by atoms with E-state index in [1.165, 1.54) is 12.3 Å². The normalized spacial score (nSPS) is 16.3. The third-order valence-electron chi connectivity index (χ3n) is 5.66. The molecule has 0 saturated heterocycles. The molecule has 0 fully saturated rings. The Balaban J connectivity index is 1.75. The van der Waals surface area contributed by atoms with Crippen LogP contribution < -0.4 is 10.1 Å². The van der Waals surface area contributed by atoms with Crippen molar-refractivity contribution in [3.8, 4) is 5.88 Å². The van der Waals surface area contributed by atoms with Gasteiger partial charge in [-0.2, -0.15) is 22.0 Å². The van der Waals surface area contributed by atoms with Crippen LogP contribution in [0.5, 0.6) is 5.88 Å². The van der Waals surface area contributed by atoms with Crippen LogP contribution in [0.15, 0.2) is 30.6 Å². The predicted molar refractivity (Wildman–Crippen MR) is 117 cm³/mol. The summed E-state index contributed by atoms with van der Waals surface area (Å²) in [6, 6.07) is 4.39. The number of anilines is 1. The van der Waals surface area contributed by atoms with Gasteiger partial charge in [0, 0.05) is 42.5 Å². The topological polar surface area (TPSA) is 76.6 Å². The minimum Gasteiger partial charge on any atom is -0.471 e. The van der Waals surface area contributed by atoms with Crippen molar-refractivity contribution >= 4 is 11.7 Å². The van der Waals surface area contributed by atoms with E-state index in [9.17, 15) is 26.7 Å². The minimum atomic E-state index is -5.70. The zero-order chi connectivity index (χ0) is 25.8. The monoisotopic (exact) mass is 502 g/mol. The summed E-state index contributed by atoms with van der Waals surface area (Å²) < 4.78 is 73.5. The summed E-state index contributed by atoms with van der Waals surface area (Å²) in [5, 5.41) is 2.87. The Labute approximate surface area is 199 Å². The summed E-state index contributed by atoms with van der Waals surface area (Å²) in [5.41, 5.74) is 2.52. The molecule has 0 unspecified atom stereocenters. The molecule has 1 atom stereocenters. The summed E-state index contributed by atoms with van der Waals surface area (Å²) in [6.45, 7) is 4.72. The van der Waals surface area contributed by atoms with E-state index in [1.54, 1.807) is 26.1 Å². The fraction of sp³-hybridized carbons (Fsp3) is 0.522. The molecule has 3 heterocycles. The molecular formula is C23H27F5N4O3. The SMILES string of the molecule is CC(C)C(=O)Nc1nccc2c1CN([C@H](C)c1ccc(OCC(F)(F)C(F)(F)F)nc1)COCC2. The Kier molecular flexibility index (Phi) is 8.26. The number of alkyl halides is 5. The standard InChI is InChI=1S/C23H27F5N4O3/c1-14(2)21(33)31-20-18-11-32(13-34-9-7-16(18)6-8-29-20)15(3)17-4-5-19(30-10-17)35-12-22(24,25)23(26,27)28/h4-6,8,10,14-15H,7,9,11-13H2,1-3H3,(H,29,31,33)/t15-/m1/s1. The molecule has 0 radical (unpaired) electrons. The number of carbonyl (C=O) groups is 1. The van der Waals surface area contributed by atoms with Gasteiger partial charge in [0.25, 0.3) is 0 Å². The number of nitrogens with zero attached hydrogens (tertiary/aromatic N) is 3. The number of carbonyl (C=O) groups excluding carboxylic acids is 1. The maximum atomic E-state index is 13.1. The van der Waals surface area contributed by atoms with Gasteiger partial charge in [-0.25, -0.2) is 9.97 Å². The number of amides is 1. The molecule has 1 aliphatic heterocycles. The molecule has 0 aromatic carbocycles. The Morgan fingerprint density at radius 3 is 2.54 bits per heavy atom. The van der Waals surface area contributed by atoms with Crippen LogP contribution in [0.2, 0.25) is 0 Å². The lowest BCUT2D eigenvalue weighted by molar-refractivity contribution is -0.290. The molecule has 1 N–H and O–H groups in total. The molecule has 0 aliphatic carbocycles. The van der Waals surface area contributed by atoms with Crippen molar-refractivity contribution in [2.24, 2.45) is 5.92 Å². The van der Waals surface area contributed by atoms with Gasteiger partial charge in [0.1, 0.15) is 5.82 Å².